The summed E-state index contributed by atoms with van der Waals surface area (Å²) in [6.45, 7) is 2.25. The normalized spacial score (nSPS) is 11.2. The molecule has 2 heterocycles. The van der Waals surface area contributed by atoms with Crippen molar-refractivity contribution in [3.05, 3.63) is 64.5 Å². The molecule has 0 radical (unpaired) electrons. The van der Waals surface area contributed by atoms with E-state index in [4.69, 9.17) is 21.8 Å². The van der Waals surface area contributed by atoms with Crippen molar-refractivity contribution >= 4 is 40.4 Å². The molecule has 6 heteroatoms. The van der Waals surface area contributed by atoms with Crippen LogP contribution >= 0.6 is 11.6 Å². The van der Waals surface area contributed by atoms with Crippen LogP contribution < -0.4 is 11.1 Å². The maximum absolute atomic E-state index is 11.9. The maximum Gasteiger partial charge on any atom is 0.244 e. The molecule has 1 aromatic carbocycles. The first-order chi connectivity index (χ1) is 11.5. The van der Waals surface area contributed by atoms with Crippen molar-refractivity contribution in [2.75, 3.05) is 5.73 Å². The van der Waals surface area contributed by atoms with Gasteiger partial charge >= 0.3 is 0 Å². The Morgan fingerprint density at radius 2 is 2.21 bits per heavy atom. The molecule has 2 aromatic heterocycles. The third kappa shape index (κ3) is 3.75. The van der Waals surface area contributed by atoms with Gasteiger partial charge in [0.2, 0.25) is 5.91 Å². The number of nitrogens with zero attached hydrogens (tertiary/aromatic N) is 1. The number of carbonyl (C=O) groups is 1. The van der Waals surface area contributed by atoms with Crippen LogP contribution in [0.3, 0.4) is 0 Å². The Morgan fingerprint density at radius 3 is 2.96 bits per heavy atom. The SMILES string of the molecule is Cc1cc(Cl)c2oc(CNC(=O)C=Cc3ccc(N)nc3)cc2c1. The number of halogens is 1. The summed E-state index contributed by atoms with van der Waals surface area (Å²) < 4.78 is 5.69. The largest absolute Gasteiger partial charge is 0.458 e. The van der Waals surface area contributed by atoms with Crippen LogP contribution in [0.25, 0.3) is 17.0 Å². The molecule has 3 rings (SSSR count). The Bertz CT molecular complexity index is 914. The second-order valence-electron chi connectivity index (χ2n) is 5.45. The second-order valence-corrected chi connectivity index (χ2v) is 5.85. The van der Waals surface area contributed by atoms with E-state index in [0.29, 0.717) is 22.2 Å². The molecule has 0 aliphatic rings. The van der Waals surface area contributed by atoms with Crippen LogP contribution in [0.4, 0.5) is 5.82 Å². The summed E-state index contributed by atoms with van der Waals surface area (Å²) >= 11 is 6.16. The summed E-state index contributed by atoms with van der Waals surface area (Å²) in [4.78, 5) is 15.8. The van der Waals surface area contributed by atoms with E-state index in [1.807, 2.05) is 25.1 Å². The minimum absolute atomic E-state index is 0.227. The molecule has 0 aliphatic heterocycles. The number of furan rings is 1. The van der Waals surface area contributed by atoms with E-state index in [2.05, 4.69) is 10.3 Å². The highest BCUT2D eigenvalue weighted by molar-refractivity contribution is 6.34. The van der Waals surface area contributed by atoms with Gasteiger partial charge in [-0.15, -0.1) is 0 Å². The van der Waals surface area contributed by atoms with Crippen molar-refractivity contribution in [2.45, 2.75) is 13.5 Å². The van der Waals surface area contributed by atoms with Crippen molar-refractivity contribution in [1.82, 2.24) is 10.3 Å². The Hall–Kier alpha value is -2.79. The lowest BCUT2D eigenvalue weighted by Gasteiger charge is -1.99. The summed E-state index contributed by atoms with van der Waals surface area (Å²) in [6, 6.07) is 9.18. The molecule has 3 aromatic rings. The van der Waals surface area contributed by atoms with Gasteiger partial charge in [-0.25, -0.2) is 4.98 Å². The molecular formula is C18H16ClN3O2. The molecule has 0 saturated carbocycles. The van der Waals surface area contributed by atoms with Crippen LogP contribution in [0.15, 0.2) is 47.0 Å². The lowest BCUT2D eigenvalue weighted by Crippen LogP contribution is -2.19. The summed E-state index contributed by atoms with van der Waals surface area (Å²) in [5, 5.41) is 4.26. The van der Waals surface area contributed by atoms with Crippen LogP contribution in [0.5, 0.6) is 0 Å². The zero-order valence-electron chi connectivity index (χ0n) is 13.0. The number of hydrogen-bond donors (Lipinski definition) is 2. The number of anilines is 1. The zero-order valence-corrected chi connectivity index (χ0v) is 13.8. The van der Waals surface area contributed by atoms with E-state index in [1.165, 1.54) is 6.08 Å². The fourth-order valence-electron chi connectivity index (χ4n) is 2.31. The van der Waals surface area contributed by atoms with Crippen molar-refractivity contribution < 1.29 is 9.21 Å². The number of amides is 1. The summed E-state index contributed by atoms with van der Waals surface area (Å²) in [6.07, 6.45) is 4.70. The van der Waals surface area contributed by atoms with Crippen LogP contribution in [-0.4, -0.2) is 10.9 Å². The van der Waals surface area contributed by atoms with Gasteiger partial charge in [0.05, 0.1) is 11.6 Å². The highest BCUT2D eigenvalue weighted by atomic mass is 35.5. The third-order valence-corrected chi connectivity index (χ3v) is 3.72. The molecule has 122 valence electrons. The monoisotopic (exact) mass is 341 g/mol. The molecule has 0 fully saturated rings. The quantitative estimate of drug-likeness (QED) is 0.709. The fourth-order valence-corrected chi connectivity index (χ4v) is 2.63. The van der Waals surface area contributed by atoms with Gasteiger partial charge in [-0.2, -0.15) is 0 Å². The standard InChI is InChI=1S/C18H16ClN3O2/c1-11-6-13-8-14(24-18(13)15(19)7-11)10-22-17(23)5-3-12-2-4-16(20)21-9-12/h2-9H,10H2,1H3,(H2,20,21)(H,22,23). The number of nitrogens with one attached hydrogen (secondary N) is 1. The van der Waals surface area contributed by atoms with Crippen molar-refractivity contribution in [1.29, 1.82) is 0 Å². The zero-order chi connectivity index (χ0) is 17.1. The number of pyridine rings is 1. The lowest BCUT2D eigenvalue weighted by atomic mass is 10.2. The van der Waals surface area contributed by atoms with Gasteiger partial charge in [-0.05, 0) is 54.5 Å². The molecule has 1 amide bonds. The molecule has 0 saturated heterocycles. The Kier molecular flexibility index (Phi) is 4.53. The topological polar surface area (TPSA) is 81.2 Å². The fraction of sp³-hybridized carbons (Fsp3) is 0.111. The Balaban J connectivity index is 1.64. The van der Waals surface area contributed by atoms with Gasteiger partial charge in [0.1, 0.15) is 11.6 Å². The van der Waals surface area contributed by atoms with E-state index in [0.717, 1.165) is 16.5 Å². The van der Waals surface area contributed by atoms with Gasteiger partial charge in [0.15, 0.2) is 5.58 Å². The Morgan fingerprint density at radius 1 is 1.38 bits per heavy atom. The summed E-state index contributed by atoms with van der Waals surface area (Å²) in [5.41, 5.74) is 8.00. The van der Waals surface area contributed by atoms with Crippen molar-refractivity contribution in [3.63, 3.8) is 0 Å². The Labute approximate surface area is 144 Å². The number of nitrogens with two attached hydrogens (primary N) is 1. The van der Waals surface area contributed by atoms with Crippen molar-refractivity contribution in [2.24, 2.45) is 0 Å². The molecule has 0 atom stereocenters. The lowest BCUT2D eigenvalue weighted by molar-refractivity contribution is -0.116. The number of nitrogen functional groups attached to an aromatic ring is 1. The molecule has 24 heavy (non-hydrogen) atoms. The van der Waals surface area contributed by atoms with Crippen LogP contribution in [0.2, 0.25) is 5.02 Å². The van der Waals surface area contributed by atoms with E-state index < -0.39 is 0 Å². The number of aryl methyl sites for hydroxylation is 1. The number of carbonyl (C=O) groups excluding carboxylic acids is 1. The van der Waals surface area contributed by atoms with Gasteiger partial charge in [-0.3, -0.25) is 4.79 Å². The number of hydrogen-bond acceptors (Lipinski definition) is 4. The second kappa shape index (κ2) is 6.76. The number of fused-ring (bicyclic) bond motifs is 1. The third-order valence-electron chi connectivity index (χ3n) is 3.44. The van der Waals surface area contributed by atoms with E-state index in [9.17, 15) is 4.79 Å². The number of benzene rings is 1. The molecule has 0 spiro atoms. The first kappa shape index (κ1) is 16.1. The minimum Gasteiger partial charge on any atom is -0.458 e. The van der Waals surface area contributed by atoms with Crippen LogP contribution in [0.1, 0.15) is 16.9 Å². The van der Waals surface area contributed by atoms with Gasteiger partial charge in [0.25, 0.3) is 0 Å². The van der Waals surface area contributed by atoms with Gasteiger partial charge in [0, 0.05) is 17.7 Å². The van der Waals surface area contributed by atoms with E-state index >= 15 is 0 Å². The first-order valence-corrected chi connectivity index (χ1v) is 7.75. The predicted molar refractivity (Wildman–Crippen MR) is 95.5 cm³/mol. The average molecular weight is 342 g/mol. The maximum atomic E-state index is 11.9. The highest BCUT2D eigenvalue weighted by Gasteiger charge is 2.08. The van der Waals surface area contributed by atoms with Crippen molar-refractivity contribution in [3.8, 4) is 0 Å². The number of rotatable bonds is 4. The highest BCUT2D eigenvalue weighted by Crippen LogP contribution is 2.28. The van der Waals surface area contributed by atoms with E-state index in [1.54, 1.807) is 24.4 Å². The summed E-state index contributed by atoms with van der Waals surface area (Å²) in [5.74, 6) is 0.860. The summed E-state index contributed by atoms with van der Waals surface area (Å²) in [7, 11) is 0. The molecule has 3 N–H and O–H groups in total. The van der Waals surface area contributed by atoms with Crippen LogP contribution in [-0.2, 0) is 11.3 Å². The molecule has 0 aliphatic carbocycles. The minimum atomic E-state index is -0.227. The van der Waals surface area contributed by atoms with Gasteiger partial charge < -0.3 is 15.5 Å². The average Bonchev–Trinajstić information content (AvgIpc) is 2.95. The molecule has 0 unspecified atom stereocenters. The molecule has 5 nitrogen and oxygen atoms in total. The first-order valence-electron chi connectivity index (χ1n) is 7.37. The predicted octanol–water partition coefficient (Wildman–Crippen LogP) is 3.70. The van der Waals surface area contributed by atoms with Gasteiger partial charge in [-0.1, -0.05) is 11.6 Å². The van der Waals surface area contributed by atoms with Crippen LogP contribution in [0, 0.1) is 6.92 Å². The number of aromatic nitrogens is 1. The molecular weight excluding hydrogens is 326 g/mol. The van der Waals surface area contributed by atoms with E-state index in [-0.39, 0.29) is 12.5 Å². The smallest absolute Gasteiger partial charge is 0.244 e. The molecule has 0 bridgehead atoms.